The average Bonchev–Trinajstić information content (AvgIpc) is 2.94. The number of nitrogens with zero attached hydrogens (tertiary/aromatic N) is 3. The molecule has 0 fully saturated rings. The van der Waals surface area contributed by atoms with Crippen LogP contribution in [0.3, 0.4) is 0 Å². The quantitative estimate of drug-likeness (QED) is 0.203. The lowest BCUT2D eigenvalue weighted by molar-refractivity contribution is -0.384. The number of rotatable bonds is 13. The van der Waals surface area contributed by atoms with Gasteiger partial charge < -0.3 is 10.2 Å². The molecule has 0 aliphatic carbocycles. The van der Waals surface area contributed by atoms with E-state index in [1.807, 2.05) is 44.2 Å². The van der Waals surface area contributed by atoms with Crippen molar-refractivity contribution >= 4 is 56.4 Å². The van der Waals surface area contributed by atoms with E-state index in [4.69, 9.17) is 23.2 Å². The number of carbonyl (C=O) groups is 2. The summed E-state index contributed by atoms with van der Waals surface area (Å²) in [4.78, 5) is 39.8. The van der Waals surface area contributed by atoms with Gasteiger partial charge in [0, 0.05) is 46.7 Å². The van der Waals surface area contributed by atoms with Crippen molar-refractivity contribution in [1.29, 1.82) is 0 Å². The van der Waals surface area contributed by atoms with E-state index >= 15 is 0 Å². The third-order valence-electron chi connectivity index (χ3n) is 6.67. The Kier molecular flexibility index (Phi) is 11.3. The molecule has 3 rings (SSSR count). The molecule has 0 saturated heterocycles. The van der Waals surface area contributed by atoms with Crippen LogP contribution < -0.4 is 9.62 Å². The highest BCUT2D eigenvalue weighted by atomic mass is 35.5. The van der Waals surface area contributed by atoms with Crippen molar-refractivity contribution in [2.75, 3.05) is 17.1 Å². The summed E-state index contributed by atoms with van der Waals surface area (Å²) in [7, 11) is -4.10. The highest BCUT2D eigenvalue weighted by Gasteiger charge is 2.34. The number of hydrogen-bond donors (Lipinski definition) is 1. The summed E-state index contributed by atoms with van der Waals surface area (Å²) in [6, 6.07) is 17.6. The van der Waals surface area contributed by atoms with Crippen molar-refractivity contribution in [2.24, 2.45) is 0 Å². The number of nitro benzene ring substituents is 1. The lowest BCUT2D eigenvalue weighted by Gasteiger charge is -2.34. The fourth-order valence-corrected chi connectivity index (χ4v) is 5.58. The van der Waals surface area contributed by atoms with Crippen LogP contribution in [0.4, 0.5) is 11.4 Å². The van der Waals surface area contributed by atoms with Crippen molar-refractivity contribution in [3.63, 3.8) is 0 Å². The van der Waals surface area contributed by atoms with E-state index in [0.717, 1.165) is 22.2 Å². The van der Waals surface area contributed by atoms with Crippen molar-refractivity contribution in [3.8, 4) is 0 Å². The largest absolute Gasteiger partial charge is 0.352 e. The van der Waals surface area contributed by atoms with Gasteiger partial charge in [0.1, 0.15) is 12.6 Å². The summed E-state index contributed by atoms with van der Waals surface area (Å²) in [6.45, 7) is 2.81. The van der Waals surface area contributed by atoms with Gasteiger partial charge >= 0.3 is 0 Å². The van der Waals surface area contributed by atoms with E-state index in [9.17, 15) is 28.1 Å². The molecule has 3 aromatic rings. The summed E-state index contributed by atoms with van der Waals surface area (Å²) < 4.78 is 26.5. The minimum absolute atomic E-state index is 0.0700. The lowest BCUT2D eigenvalue weighted by atomic mass is 10.0. The molecule has 0 aliphatic rings. The number of carbonyl (C=O) groups excluding carboxylic acids is 2. The van der Waals surface area contributed by atoms with Crippen LogP contribution in [0.25, 0.3) is 0 Å². The van der Waals surface area contributed by atoms with Gasteiger partial charge in [-0.15, -0.1) is 0 Å². The first-order valence-corrected chi connectivity index (χ1v) is 15.7. The molecule has 0 aliphatic heterocycles. The number of non-ortho nitro benzene ring substituents is 1. The average molecular weight is 636 g/mol. The zero-order valence-electron chi connectivity index (χ0n) is 23.4. The molecule has 10 nitrogen and oxygen atoms in total. The highest BCUT2D eigenvalue weighted by Crippen LogP contribution is 2.28. The predicted molar refractivity (Wildman–Crippen MR) is 164 cm³/mol. The molecular weight excluding hydrogens is 603 g/mol. The van der Waals surface area contributed by atoms with Gasteiger partial charge in [0.25, 0.3) is 5.69 Å². The molecule has 3 aromatic carbocycles. The van der Waals surface area contributed by atoms with Gasteiger partial charge in [-0.1, -0.05) is 72.6 Å². The van der Waals surface area contributed by atoms with Crippen LogP contribution in [0.2, 0.25) is 10.0 Å². The number of nitrogens with one attached hydrogen (secondary N) is 1. The first kappa shape index (κ1) is 32.8. The van der Waals surface area contributed by atoms with E-state index < -0.39 is 39.3 Å². The maximum atomic E-state index is 14.1. The van der Waals surface area contributed by atoms with Gasteiger partial charge in [0.2, 0.25) is 21.8 Å². The molecular formula is C29H32Cl2N4O6S. The molecule has 0 aromatic heterocycles. The first-order chi connectivity index (χ1) is 19.8. The smallest absolute Gasteiger partial charge is 0.271 e. The van der Waals surface area contributed by atoms with Crippen molar-refractivity contribution in [1.82, 2.24) is 10.2 Å². The second-order valence-electron chi connectivity index (χ2n) is 9.79. The fourth-order valence-electron chi connectivity index (χ4n) is 4.22. The van der Waals surface area contributed by atoms with Gasteiger partial charge in [-0.2, -0.15) is 0 Å². The molecule has 0 saturated carbocycles. The predicted octanol–water partition coefficient (Wildman–Crippen LogP) is 5.22. The minimum atomic E-state index is -4.10. The molecule has 0 bridgehead atoms. The van der Waals surface area contributed by atoms with Crippen LogP contribution in [-0.4, -0.2) is 54.9 Å². The lowest BCUT2D eigenvalue weighted by Crippen LogP contribution is -2.54. The molecule has 0 radical (unpaired) electrons. The van der Waals surface area contributed by atoms with Crippen molar-refractivity contribution in [2.45, 2.75) is 45.3 Å². The topological polar surface area (TPSA) is 130 Å². The van der Waals surface area contributed by atoms with Gasteiger partial charge in [0.15, 0.2) is 0 Å². The Labute approximate surface area is 255 Å². The third-order valence-corrected chi connectivity index (χ3v) is 8.52. The molecule has 0 heterocycles. The molecule has 2 unspecified atom stereocenters. The third kappa shape index (κ3) is 8.67. The Balaban J connectivity index is 2.12. The van der Waals surface area contributed by atoms with Gasteiger partial charge in [-0.05, 0) is 37.1 Å². The fraction of sp³-hybridized carbons (Fsp3) is 0.310. The minimum Gasteiger partial charge on any atom is -0.352 e. The second-order valence-corrected chi connectivity index (χ2v) is 12.5. The van der Waals surface area contributed by atoms with Gasteiger partial charge in [0.05, 0.1) is 16.9 Å². The summed E-state index contributed by atoms with van der Waals surface area (Å²) in [5, 5.41) is 14.8. The van der Waals surface area contributed by atoms with Crippen LogP contribution in [0, 0.1) is 10.1 Å². The van der Waals surface area contributed by atoms with Crippen LogP contribution in [-0.2, 0) is 32.6 Å². The highest BCUT2D eigenvalue weighted by molar-refractivity contribution is 7.92. The van der Waals surface area contributed by atoms with Crippen molar-refractivity contribution in [3.05, 3.63) is 104 Å². The van der Waals surface area contributed by atoms with Crippen LogP contribution in [0.1, 0.15) is 31.4 Å². The van der Waals surface area contributed by atoms with Gasteiger partial charge in [-0.3, -0.25) is 24.0 Å². The van der Waals surface area contributed by atoms with Gasteiger partial charge in [-0.25, -0.2) is 8.42 Å². The number of anilines is 1. The Morgan fingerprint density at radius 1 is 1.00 bits per heavy atom. The van der Waals surface area contributed by atoms with Crippen LogP contribution in [0.5, 0.6) is 0 Å². The van der Waals surface area contributed by atoms with Crippen molar-refractivity contribution < 1.29 is 22.9 Å². The van der Waals surface area contributed by atoms with E-state index in [1.54, 1.807) is 18.2 Å². The Bertz CT molecular complexity index is 1520. The number of nitro groups is 1. The van der Waals surface area contributed by atoms with Crippen LogP contribution in [0.15, 0.2) is 72.8 Å². The summed E-state index contributed by atoms with van der Waals surface area (Å²) in [5.74, 6) is -1.17. The molecule has 0 spiro atoms. The molecule has 2 amide bonds. The van der Waals surface area contributed by atoms with E-state index in [1.165, 1.54) is 23.1 Å². The monoisotopic (exact) mass is 634 g/mol. The number of benzene rings is 3. The maximum absolute atomic E-state index is 14.1. The molecule has 42 heavy (non-hydrogen) atoms. The first-order valence-electron chi connectivity index (χ1n) is 13.1. The molecule has 2 atom stereocenters. The number of hydrogen-bond acceptors (Lipinski definition) is 6. The van der Waals surface area contributed by atoms with Crippen LogP contribution >= 0.6 is 23.2 Å². The maximum Gasteiger partial charge on any atom is 0.271 e. The molecule has 224 valence electrons. The second kappa shape index (κ2) is 14.5. The van der Waals surface area contributed by atoms with E-state index in [-0.39, 0.29) is 40.4 Å². The number of amides is 2. The van der Waals surface area contributed by atoms with E-state index in [2.05, 4.69) is 5.32 Å². The summed E-state index contributed by atoms with van der Waals surface area (Å²) >= 11 is 12.9. The SMILES string of the molecule is CCC(C)NC(=O)C(Cc1ccccc1)N(Cc1c(Cl)cccc1Cl)C(=O)CN(c1cccc([N+](=O)[O-])c1)S(C)(=O)=O. The summed E-state index contributed by atoms with van der Waals surface area (Å²) in [6.07, 6.45) is 1.65. The van der Waals surface area contributed by atoms with E-state index in [0.29, 0.717) is 12.0 Å². The number of halogens is 2. The zero-order chi connectivity index (χ0) is 31.0. The molecule has 13 heteroatoms. The zero-order valence-corrected chi connectivity index (χ0v) is 25.7. The summed E-state index contributed by atoms with van der Waals surface area (Å²) in [5.41, 5.74) is 0.732. The standard InChI is InChI=1S/C29H32Cl2N4O6S/c1-4-20(2)32-29(37)27(16-21-10-6-5-7-11-21)33(18-24-25(30)14-9-15-26(24)31)28(36)19-34(42(3,40)41)22-12-8-13-23(17-22)35(38)39/h5-15,17,20,27H,4,16,18-19H2,1-3H3,(H,32,37). The molecule has 1 N–H and O–H groups in total. The Morgan fingerprint density at radius 2 is 1.62 bits per heavy atom. The number of sulfonamides is 1. The Morgan fingerprint density at radius 3 is 2.19 bits per heavy atom. The normalized spacial score (nSPS) is 12.7. The Hall–Kier alpha value is -3.67.